The number of benzene rings is 1. The quantitative estimate of drug-likeness (QED) is 0.780. The molecule has 106 valence electrons. The van der Waals surface area contributed by atoms with Gasteiger partial charge < -0.3 is 9.84 Å². The van der Waals surface area contributed by atoms with Crippen LogP contribution in [-0.2, 0) is 11.3 Å². The Morgan fingerprint density at radius 3 is 2.68 bits per heavy atom. The third-order valence-electron chi connectivity index (χ3n) is 2.82. The minimum absolute atomic E-state index is 0.151. The second-order valence-electron chi connectivity index (χ2n) is 4.30. The zero-order valence-electron chi connectivity index (χ0n) is 11.4. The van der Waals surface area contributed by atoms with Gasteiger partial charge in [-0.3, -0.25) is 4.90 Å². The first kappa shape index (κ1) is 16.1. The zero-order valence-corrected chi connectivity index (χ0v) is 12.9. The number of carbonyl (C=O) groups excluding carboxylic acids is 1. The number of rotatable bonds is 7. The summed E-state index contributed by atoms with van der Waals surface area (Å²) in [7, 11) is 1.37. The van der Waals surface area contributed by atoms with Crippen molar-refractivity contribution < 1.29 is 14.6 Å². The first-order chi connectivity index (χ1) is 9.12. The van der Waals surface area contributed by atoms with Crippen molar-refractivity contribution in [2.24, 2.45) is 0 Å². The van der Waals surface area contributed by atoms with Crippen molar-refractivity contribution in [2.45, 2.75) is 19.9 Å². The molecule has 0 fully saturated rings. The molecule has 1 rings (SSSR count). The molecule has 0 heterocycles. The van der Waals surface area contributed by atoms with Crippen LogP contribution in [0, 0.1) is 0 Å². The molecule has 4 nitrogen and oxygen atoms in total. The van der Waals surface area contributed by atoms with Crippen molar-refractivity contribution in [1.29, 1.82) is 0 Å². The van der Waals surface area contributed by atoms with Gasteiger partial charge in [-0.25, -0.2) is 4.79 Å². The van der Waals surface area contributed by atoms with E-state index in [9.17, 15) is 4.79 Å². The van der Waals surface area contributed by atoms with Crippen molar-refractivity contribution in [1.82, 2.24) is 4.90 Å². The maximum Gasteiger partial charge on any atom is 0.337 e. The molecule has 1 N–H and O–H groups in total. The fourth-order valence-corrected chi connectivity index (χ4v) is 2.39. The fraction of sp³-hybridized carbons (Fsp3) is 0.500. The van der Waals surface area contributed by atoms with Crippen LogP contribution in [0.5, 0.6) is 0 Å². The van der Waals surface area contributed by atoms with Crippen LogP contribution in [0.4, 0.5) is 0 Å². The lowest BCUT2D eigenvalue weighted by Crippen LogP contribution is -2.27. The highest BCUT2D eigenvalue weighted by Crippen LogP contribution is 2.21. The Kier molecular flexibility index (Phi) is 7.05. The van der Waals surface area contributed by atoms with Crippen molar-refractivity contribution in [2.75, 3.05) is 26.8 Å². The summed E-state index contributed by atoms with van der Waals surface area (Å²) in [5, 5.41) is 9.04. The molecule has 0 aliphatic heterocycles. The maximum absolute atomic E-state index is 11.4. The lowest BCUT2D eigenvalue weighted by Gasteiger charge is -2.21. The molecule has 0 aliphatic carbocycles. The Bertz CT molecular complexity index is 417. The van der Waals surface area contributed by atoms with E-state index in [2.05, 4.69) is 32.5 Å². The van der Waals surface area contributed by atoms with Gasteiger partial charge in [-0.2, -0.15) is 0 Å². The van der Waals surface area contributed by atoms with Gasteiger partial charge in [0.1, 0.15) is 0 Å². The monoisotopic (exact) mass is 329 g/mol. The van der Waals surface area contributed by atoms with Gasteiger partial charge in [-0.05, 0) is 30.7 Å². The van der Waals surface area contributed by atoms with Gasteiger partial charge in [0.15, 0.2) is 0 Å². The molecule has 1 aromatic rings. The third kappa shape index (κ3) is 4.93. The lowest BCUT2D eigenvalue weighted by molar-refractivity contribution is 0.0600. The number of methoxy groups -OCH3 is 1. The number of hydrogen-bond acceptors (Lipinski definition) is 4. The first-order valence-electron chi connectivity index (χ1n) is 6.32. The smallest absolute Gasteiger partial charge is 0.337 e. The standard InChI is InChI=1S/C14H20BrNO3/c1-3-6-16(7-8-17)10-12-5-4-11(9-13(12)15)14(18)19-2/h4-5,9,17H,3,6-8,10H2,1-2H3. The van der Waals surface area contributed by atoms with Crippen LogP contribution in [0.15, 0.2) is 22.7 Å². The molecule has 0 spiro atoms. The van der Waals surface area contributed by atoms with Gasteiger partial charge in [-0.1, -0.05) is 28.9 Å². The van der Waals surface area contributed by atoms with Crippen molar-refractivity contribution in [3.05, 3.63) is 33.8 Å². The predicted octanol–water partition coefficient (Wildman–Crippen LogP) is 2.44. The van der Waals surface area contributed by atoms with Crippen molar-refractivity contribution >= 4 is 21.9 Å². The minimum Gasteiger partial charge on any atom is -0.465 e. The van der Waals surface area contributed by atoms with Crippen LogP contribution in [0.1, 0.15) is 29.3 Å². The number of nitrogens with zero attached hydrogens (tertiary/aromatic N) is 1. The summed E-state index contributed by atoms with van der Waals surface area (Å²) in [6, 6.07) is 5.44. The van der Waals surface area contributed by atoms with Crippen LogP contribution in [0.2, 0.25) is 0 Å². The Labute approximate surface area is 122 Å². The van der Waals surface area contributed by atoms with Crippen LogP contribution in [-0.4, -0.2) is 42.8 Å². The molecule has 0 aliphatic rings. The maximum atomic E-state index is 11.4. The van der Waals surface area contributed by atoms with E-state index in [1.807, 2.05) is 6.07 Å². The molecule has 0 saturated heterocycles. The van der Waals surface area contributed by atoms with E-state index >= 15 is 0 Å². The van der Waals surface area contributed by atoms with Gasteiger partial charge in [0.25, 0.3) is 0 Å². The summed E-state index contributed by atoms with van der Waals surface area (Å²) in [6.07, 6.45) is 1.04. The highest BCUT2D eigenvalue weighted by molar-refractivity contribution is 9.10. The Balaban J connectivity index is 2.80. The molecule has 0 atom stereocenters. The third-order valence-corrected chi connectivity index (χ3v) is 3.56. The molecular weight excluding hydrogens is 310 g/mol. The highest BCUT2D eigenvalue weighted by Gasteiger charge is 2.11. The number of ether oxygens (including phenoxy) is 1. The summed E-state index contributed by atoms with van der Waals surface area (Å²) < 4.78 is 5.57. The Morgan fingerprint density at radius 2 is 2.16 bits per heavy atom. The van der Waals surface area contributed by atoms with E-state index in [4.69, 9.17) is 5.11 Å². The molecule has 19 heavy (non-hydrogen) atoms. The summed E-state index contributed by atoms with van der Waals surface area (Å²) >= 11 is 3.48. The van der Waals surface area contributed by atoms with E-state index in [1.165, 1.54) is 7.11 Å². The second-order valence-corrected chi connectivity index (χ2v) is 5.15. The molecule has 0 aromatic heterocycles. The van der Waals surface area contributed by atoms with Crippen molar-refractivity contribution in [3.8, 4) is 0 Å². The van der Waals surface area contributed by atoms with Gasteiger partial charge >= 0.3 is 5.97 Å². The molecule has 0 unspecified atom stereocenters. The van der Waals surface area contributed by atoms with E-state index in [1.54, 1.807) is 12.1 Å². The zero-order chi connectivity index (χ0) is 14.3. The van der Waals surface area contributed by atoms with Gasteiger partial charge in [0, 0.05) is 17.6 Å². The number of halogens is 1. The molecule has 0 saturated carbocycles. The summed E-state index contributed by atoms with van der Waals surface area (Å²) in [5.74, 6) is -0.340. The number of hydrogen-bond donors (Lipinski definition) is 1. The largest absolute Gasteiger partial charge is 0.465 e. The van der Waals surface area contributed by atoms with E-state index in [-0.39, 0.29) is 12.6 Å². The first-order valence-corrected chi connectivity index (χ1v) is 7.11. The van der Waals surface area contributed by atoms with Crippen LogP contribution >= 0.6 is 15.9 Å². The average molecular weight is 330 g/mol. The summed E-state index contributed by atoms with van der Waals surface area (Å²) in [4.78, 5) is 13.6. The topological polar surface area (TPSA) is 49.8 Å². The van der Waals surface area contributed by atoms with E-state index in [0.29, 0.717) is 12.1 Å². The molecular formula is C14H20BrNO3. The Morgan fingerprint density at radius 1 is 1.42 bits per heavy atom. The lowest BCUT2D eigenvalue weighted by atomic mass is 10.1. The number of aliphatic hydroxyl groups is 1. The van der Waals surface area contributed by atoms with E-state index in [0.717, 1.165) is 29.5 Å². The average Bonchev–Trinajstić information content (AvgIpc) is 2.40. The molecule has 0 bridgehead atoms. The molecule has 0 radical (unpaired) electrons. The van der Waals surface area contributed by atoms with Crippen LogP contribution in [0.25, 0.3) is 0 Å². The number of carbonyl (C=O) groups is 1. The molecule has 0 amide bonds. The molecule has 5 heteroatoms. The fourth-order valence-electron chi connectivity index (χ4n) is 1.89. The van der Waals surface area contributed by atoms with Gasteiger partial charge in [0.05, 0.1) is 19.3 Å². The van der Waals surface area contributed by atoms with Gasteiger partial charge in [0.2, 0.25) is 0 Å². The minimum atomic E-state index is -0.340. The summed E-state index contributed by atoms with van der Waals surface area (Å²) in [5.41, 5.74) is 1.62. The van der Waals surface area contributed by atoms with Gasteiger partial charge in [-0.15, -0.1) is 0 Å². The van der Waals surface area contributed by atoms with E-state index < -0.39 is 0 Å². The highest BCUT2D eigenvalue weighted by atomic mass is 79.9. The normalized spacial score (nSPS) is 10.8. The number of aliphatic hydroxyl groups excluding tert-OH is 1. The molecule has 1 aromatic carbocycles. The van der Waals surface area contributed by atoms with Crippen LogP contribution < -0.4 is 0 Å². The second kappa shape index (κ2) is 8.30. The van der Waals surface area contributed by atoms with Crippen LogP contribution in [0.3, 0.4) is 0 Å². The number of esters is 1. The SMILES string of the molecule is CCCN(CCO)Cc1ccc(C(=O)OC)cc1Br. The Hall–Kier alpha value is -0.910. The summed E-state index contributed by atoms with van der Waals surface area (Å²) in [6.45, 7) is 4.60. The predicted molar refractivity (Wildman–Crippen MR) is 78.1 cm³/mol. The van der Waals surface area contributed by atoms with Crippen molar-refractivity contribution in [3.63, 3.8) is 0 Å².